The highest BCUT2D eigenvalue weighted by molar-refractivity contribution is 7.99. The van der Waals surface area contributed by atoms with Crippen molar-refractivity contribution in [2.75, 3.05) is 12.9 Å². The van der Waals surface area contributed by atoms with Crippen LogP contribution >= 0.6 is 11.8 Å². The van der Waals surface area contributed by atoms with Crippen LogP contribution in [-0.4, -0.2) is 39.1 Å². The largest absolute Gasteiger partial charge is 0.497 e. The number of carbonyl (C=O) groups excluding carboxylic acids is 1. The van der Waals surface area contributed by atoms with Gasteiger partial charge in [-0.2, -0.15) is 0 Å². The number of hydrogen-bond donors (Lipinski definition) is 0. The molecular formula is C20H21N3O2S. The van der Waals surface area contributed by atoms with Crippen LogP contribution in [-0.2, 0) is 11.3 Å². The molecule has 4 rings (SSSR count). The van der Waals surface area contributed by atoms with Gasteiger partial charge in [0.05, 0.1) is 24.6 Å². The van der Waals surface area contributed by atoms with Gasteiger partial charge in [-0.3, -0.25) is 9.20 Å². The molecule has 0 spiro atoms. The molecule has 1 aliphatic rings. The summed E-state index contributed by atoms with van der Waals surface area (Å²) < 4.78 is 7.22. The molecule has 0 N–H and O–H groups in total. The standard InChI is InChI=1S/C20H21N3O2S/c1-25-18-9-5-15(6-10-18)13-23(16-7-8-16)19(24)14-26-20-21-12-17-4-2-3-11-22(17)20/h2-6,9-12,16H,7-8,13-14H2,1H3. The van der Waals surface area contributed by atoms with Crippen LogP contribution in [0, 0.1) is 0 Å². The number of ether oxygens (including phenoxy) is 1. The van der Waals surface area contributed by atoms with Gasteiger partial charge < -0.3 is 9.64 Å². The van der Waals surface area contributed by atoms with Crippen molar-refractivity contribution in [1.29, 1.82) is 0 Å². The topological polar surface area (TPSA) is 46.8 Å². The first-order chi connectivity index (χ1) is 12.7. The SMILES string of the molecule is COc1ccc(CN(C(=O)CSc2ncc3ccccn23)C2CC2)cc1. The smallest absolute Gasteiger partial charge is 0.233 e. The zero-order valence-corrected chi connectivity index (χ0v) is 15.5. The minimum Gasteiger partial charge on any atom is -0.497 e. The summed E-state index contributed by atoms with van der Waals surface area (Å²) in [6, 6.07) is 14.3. The third-order valence-electron chi connectivity index (χ3n) is 4.55. The van der Waals surface area contributed by atoms with E-state index in [2.05, 4.69) is 4.98 Å². The first-order valence-electron chi connectivity index (χ1n) is 8.72. The fourth-order valence-electron chi connectivity index (χ4n) is 2.97. The summed E-state index contributed by atoms with van der Waals surface area (Å²) in [5.74, 6) is 1.40. The lowest BCUT2D eigenvalue weighted by atomic mass is 10.2. The Morgan fingerprint density at radius 1 is 1.27 bits per heavy atom. The van der Waals surface area contributed by atoms with Crippen molar-refractivity contribution in [2.24, 2.45) is 0 Å². The van der Waals surface area contributed by atoms with Gasteiger partial charge in [0.25, 0.3) is 0 Å². The predicted molar refractivity (Wildman–Crippen MR) is 102 cm³/mol. The van der Waals surface area contributed by atoms with Gasteiger partial charge in [0.1, 0.15) is 5.75 Å². The van der Waals surface area contributed by atoms with Gasteiger partial charge in [0, 0.05) is 18.8 Å². The highest BCUT2D eigenvalue weighted by Gasteiger charge is 2.32. The van der Waals surface area contributed by atoms with Gasteiger partial charge in [-0.05, 0) is 42.7 Å². The second-order valence-corrected chi connectivity index (χ2v) is 7.37. The molecule has 0 radical (unpaired) electrons. The molecule has 5 nitrogen and oxygen atoms in total. The number of methoxy groups -OCH3 is 1. The summed E-state index contributed by atoms with van der Waals surface area (Å²) in [4.78, 5) is 19.3. The third kappa shape index (κ3) is 3.70. The third-order valence-corrected chi connectivity index (χ3v) is 5.50. The van der Waals surface area contributed by atoms with Crippen molar-refractivity contribution in [3.8, 4) is 5.75 Å². The lowest BCUT2D eigenvalue weighted by Crippen LogP contribution is -2.34. The Labute approximate surface area is 157 Å². The number of aromatic nitrogens is 2. The molecule has 6 heteroatoms. The lowest BCUT2D eigenvalue weighted by molar-refractivity contribution is -0.129. The Kier molecular flexibility index (Phi) is 4.84. The molecule has 1 saturated carbocycles. The molecule has 0 atom stereocenters. The first-order valence-corrected chi connectivity index (χ1v) is 9.70. The number of imidazole rings is 1. The molecule has 1 aliphatic carbocycles. The number of carbonyl (C=O) groups is 1. The molecule has 1 fully saturated rings. The summed E-state index contributed by atoms with van der Waals surface area (Å²) in [7, 11) is 1.66. The van der Waals surface area contributed by atoms with Gasteiger partial charge in [-0.15, -0.1) is 0 Å². The van der Waals surface area contributed by atoms with E-state index in [1.165, 1.54) is 11.8 Å². The zero-order valence-electron chi connectivity index (χ0n) is 14.7. The van der Waals surface area contributed by atoms with E-state index in [1.807, 2.05) is 64.2 Å². The Hall–Kier alpha value is -2.47. The van der Waals surface area contributed by atoms with Crippen LogP contribution in [0.4, 0.5) is 0 Å². The van der Waals surface area contributed by atoms with Gasteiger partial charge in [-0.25, -0.2) is 4.98 Å². The van der Waals surface area contributed by atoms with Gasteiger partial charge in [0.2, 0.25) is 5.91 Å². The van der Waals surface area contributed by atoms with E-state index in [0.717, 1.165) is 34.8 Å². The number of pyridine rings is 1. The van der Waals surface area contributed by atoms with Crippen molar-refractivity contribution in [2.45, 2.75) is 30.6 Å². The molecule has 2 aromatic heterocycles. The predicted octanol–water partition coefficient (Wildman–Crippen LogP) is 3.63. The Bertz CT molecular complexity index is 903. The van der Waals surface area contributed by atoms with Crippen molar-refractivity contribution in [3.05, 3.63) is 60.4 Å². The van der Waals surface area contributed by atoms with Crippen LogP contribution in [0.25, 0.3) is 5.52 Å². The maximum Gasteiger partial charge on any atom is 0.233 e. The number of nitrogens with zero attached hydrogens (tertiary/aromatic N) is 3. The van der Waals surface area contributed by atoms with E-state index in [9.17, 15) is 4.79 Å². The fourth-order valence-corrected chi connectivity index (χ4v) is 3.82. The van der Waals surface area contributed by atoms with Crippen LogP contribution < -0.4 is 4.74 Å². The van der Waals surface area contributed by atoms with Crippen LogP contribution in [0.3, 0.4) is 0 Å². The van der Waals surface area contributed by atoms with Crippen LogP contribution in [0.15, 0.2) is 60.0 Å². The van der Waals surface area contributed by atoms with E-state index in [1.54, 1.807) is 7.11 Å². The van der Waals surface area contributed by atoms with Gasteiger partial charge >= 0.3 is 0 Å². The Morgan fingerprint density at radius 3 is 2.81 bits per heavy atom. The molecule has 0 bridgehead atoms. The zero-order chi connectivity index (χ0) is 17.9. The molecule has 0 unspecified atom stereocenters. The minimum absolute atomic E-state index is 0.168. The van der Waals surface area contributed by atoms with E-state index >= 15 is 0 Å². The molecule has 1 amide bonds. The molecule has 0 saturated heterocycles. The number of rotatable bonds is 7. The molecule has 134 valence electrons. The monoisotopic (exact) mass is 367 g/mol. The van der Waals surface area contributed by atoms with Crippen molar-refractivity contribution in [1.82, 2.24) is 14.3 Å². The highest BCUT2D eigenvalue weighted by Crippen LogP contribution is 2.30. The number of benzene rings is 1. The van der Waals surface area contributed by atoms with Crippen molar-refractivity contribution >= 4 is 23.2 Å². The average Bonchev–Trinajstić information content (AvgIpc) is 3.44. The maximum absolute atomic E-state index is 12.8. The molecule has 2 heterocycles. The number of hydrogen-bond acceptors (Lipinski definition) is 4. The molecule has 26 heavy (non-hydrogen) atoms. The summed E-state index contributed by atoms with van der Waals surface area (Å²) in [6.07, 6.45) is 6.01. The van der Waals surface area contributed by atoms with Crippen LogP contribution in [0.2, 0.25) is 0 Å². The van der Waals surface area contributed by atoms with E-state index < -0.39 is 0 Å². The Balaban J connectivity index is 1.42. The molecule has 1 aromatic carbocycles. The van der Waals surface area contributed by atoms with E-state index in [-0.39, 0.29) is 5.91 Å². The van der Waals surface area contributed by atoms with Crippen LogP contribution in [0.1, 0.15) is 18.4 Å². The summed E-state index contributed by atoms with van der Waals surface area (Å²) >= 11 is 1.50. The number of thioether (sulfide) groups is 1. The fraction of sp³-hybridized carbons (Fsp3) is 0.300. The van der Waals surface area contributed by atoms with Crippen LogP contribution in [0.5, 0.6) is 5.75 Å². The number of fused-ring (bicyclic) bond motifs is 1. The Morgan fingerprint density at radius 2 is 2.08 bits per heavy atom. The molecule has 3 aromatic rings. The first kappa shape index (κ1) is 17.0. The normalized spacial score (nSPS) is 13.7. The second-order valence-electron chi connectivity index (χ2n) is 6.43. The lowest BCUT2D eigenvalue weighted by Gasteiger charge is -2.22. The molecule has 0 aliphatic heterocycles. The average molecular weight is 367 g/mol. The number of amides is 1. The summed E-state index contributed by atoms with van der Waals surface area (Å²) in [6.45, 7) is 0.649. The van der Waals surface area contributed by atoms with Crippen molar-refractivity contribution < 1.29 is 9.53 Å². The second kappa shape index (κ2) is 7.41. The minimum atomic E-state index is 0.168. The van der Waals surface area contributed by atoms with Gasteiger partial charge in [-0.1, -0.05) is 30.0 Å². The summed E-state index contributed by atoms with van der Waals surface area (Å²) in [5.41, 5.74) is 2.17. The van der Waals surface area contributed by atoms with Gasteiger partial charge in [0.15, 0.2) is 5.16 Å². The van der Waals surface area contributed by atoms with E-state index in [0.29, 0.717) is 18.3 Å². The quantitative estimate of drug-likeness (QED) is 0.598. The van der Waals surface area contributed by atoms with Crippen molar-refractivity contribution in [3.63, 3.8) is 0 Å². The highest BCUT2D eigenvalue weighted by atomic mass is 32.2. The molecular weight excluding hydrogens is 346 g/mol. The maximum atomic E-state index is 12.8. The van der Waals surface area contributed by atoms with E-state index in [4.69, 9.17) is 4.74 Å². The summed E-state index contributed by atoms with van der Waals surface area (Å²) in [5, 5.41) is 0.856.